The van der Waals surface area contributed by atoms with Crippen LogP contribution in [-0.4, -0.2) is 57.9 Å². The highest BCUT2D eigenvalue weighted by molar-refractivity contribution is 9.10. The zero-order valence-electron chi connectivity index (χ0n) is 20.9. The Morgan fingerprint density at radius 1 is 1.05 bits per heavy atom. The van der Waals surface area contributed by atoms with Crippen LogP contribution < -0.4 is 16.0 Å². The summed E-state index contributed by atoms with van der Waals surface area (Å²) in [5.74, 6) is -1.17. The van der Waals surface area contributed by atoms with Crippen molar-refractivity contribution >= 4 is 61.7 Å². The van der Waals surface area contributed by atoms with Crippen LogP contribution in [0.15, 0.2) is 53.0 Å². The molecular weight excluding hydrogens is 572 g/mol. The Labute approximate surface area is 232 Å². The lowest BCUT2D eigenvalue weighted by atomic mass is 10.1. The number of rotatable bonds is 9. The van der Waals surface area contributed by atoms with E-state index >= 15 is 0 Å². The van der Waals surface area contributed by atoms with Crippen LogP contribution in [0, 0.1) is 5.92 Å². The van der Waals surface area contributed by atoms with Gasteiger partial charge >= 0.3 is 0 Å². The van der Waals surface area contributed by atoms with Gasteiger partial charge in [-0.05, 0) is 56.3 Å². The molecule has 1 aliphatic rings. The van der Waals surface area contributed by atoms with Gasteiger partial charge in [-0.2, -0.15) is 0 Å². The van der Waals surface area contributed by atoms with Gasteiger partial charge in [-0.3, -0.25) is 24.5 Å². The van der Waals surface area contributed by atoms with Crippen molar-refractivity contribution in [2.45, 2.75) is 32.7 Å². The van der Waals surface area contributed by atoms with Gasteiger partial charge in [-0.25, -0.2) is 0 Å². The van der Waals surface area contributed by atoms with E-state index in [9.17, 15) is 19.2 Å². The molecule has 1 fully saturated rings. The number of carbonyl (C=O) groups excluding carboxylic acids is 4. The number of likely N-dealkylation sites (tertiary alicyclic amines) is 1. The molecule has 38 heavy (non-hydrogen) atoms. The maximum atomic E-state index is 12.6. The quantitative estimate of drug-likeness (QED) is 0.344. The maximum Gasteiger partial charge on any atom is 0.257 e. The van der Waals surface area contributed by atoms with Crippen LogP contribution >= 0.6 is 27.3 Å². The largest absolute Gasteiger partial charge is 0.352 e. The van der Waals surface area contributed by atoms with Crippen molar-refractivity contribution in [1.29, 1.82) is 0 Å². The molecule has 4 amide bonds. The molecule has 198 valence electrons. The first-order valence-corrected chi connectivity index (χ1v) is 13.7. The Hall–Kier alpha value is -3.64. The number of anilines is 2. The summed E-state index contributed by atoms with van der Waals surface area (Å²) in [5.41, 5.74) is 1.50. The van der Waals surface area contributed by atoms with Gasteiger partial charge in [0.25, 0.3) is 11.8 Å². The first kappa shape index (κ1) is 27.4. The fourth-order valence-electron chi connectivity index (χ4n) is 3.94. The second kappa shape index (κ2) is 12.3. The summed E-state index contributed by atoms with van der Waals surface area (Å²) in [4.78, 5) is 51.2. The highest BCUT2D eigenvalue weighted by atomic mass is 79.9. The van der Waals surface area contributed by atoms with Gasteiger partial charge in [-0.1, -0.05) is 33.3 Å². The van der Waals surface area contributed by atoms with E-state index in [2.05, 4.69) is 42.1 Å². The fraction of sp³-hybridized carbons (Fsp3) is 0.308. The van der Waals surface area contributed by atoms with E-state index in [1.54, 1.807) is 47.4 Å². The summed E-state index contributed by atoms with van der Waals surface area (Å²) in [5, 5.41) is 17.5. The molecule has 2 heterocycles. The zero-order valence-corrected chi connectivity index (χ0v) is 23.3. The Bertz CT molecular complexity index is 1340. The third-order valence-electron chi connectivity index (χ3n) is 5.97. The molecule has 10 nitrogen and oxygen atoms in total. The molecule has 1 aliphatic heterocycles. The Morgan fingerprint density at radius 3 is 2.50 bits per heavy atom. The van der Waals surface area contributed by atoms with Crippen LogP contribution in [-0.2, 0) is 16.0 Å². The highest BCUT2D eigenvalue weighted by Gasteiger charge is 2.35. The number of carbonyl (C=O) groups is 4. The monoisotopic (exact) mass is 598 g/mol. The lowest BCUT2D eigenvalue weighted by Gasteiger charge is -2.20. The number of nitrogens with zero attached hydrogens (tertiary/aromatic N) is 3. The van der Waals surface area contributed by atoms with Crippen LogP contribution in [0.2, 0.25) is 0 Å². The molecule has 2 aromatic carbocycles. The third kappa shape index (κ3) is 7.01. The summed E-state index contributed by atoms with van der Waals surface area (Å²) >= 11 is 4.58. The molecule has 12 heteroatoms. The summed E-state index contributed by atoms with van der Waals surface area (Å²) < 4.78 is 0.828. The number of nitrogens with one attached hydrogen (secondary N) is 3. The lowest BCUT2D eigenvalue weighted by Crippen LogP contribution is -2.33. The first-order valence-electron chi connectivity index (χ1n) is 12.1. The number of hydrogen-bond donors (Lipinski definition) is 3. The first-order chi connectivity index (χ1) is 18.2. The minimum Gasteiger partial charge on any atom is -0.352 e. The van der Waals surface area contributed by atoms with Gasteiger partial charge in [0, 0.05) is 53.3 Å². The lowest BCUT2D eigenvalue weighted by molar-refractivity contribution is -0.129. The Balaban J connectivity index is 1.24. The van der Waals surface area contributed by atoms with Crippen molar-refractivity contribution in [3.8, 4) is 0 Å². The maximum absolute atomic E-state index is 12.6. The average Bonchev–Trinajstić information content (AvgIpc) is 3.50. The van der Waals surface area contributed by atoms with Crippen molar-refractivity contribution in [2.24, 2.45) is 5.92 Å². The minimum atomic E-state index is -0.395. The molecule has 1 atom stereocenters. The molecular formula is C26H27BrN6O4S. The number of halogens is 1. The van der Waals surface area contributed by atoms with Crippen LogP contribution in [0.4, 0.5) is 10.8 Å². The van der Waals surface area contributed by atoms with E-state index in [1.165, 1.54) is 11.3 Å². The number of amides is 4. The van der Waals surface area contributed by atoms with E-state index < -0.39 is 5.92 Å². The molecule has 1 aromatic heterocycles. The number of aromatic nitrogens is 2. The summed E-state index contributed by atoms with van der Waals surface area (Å²) in [6.45, 7) is 4.64. The van der Waals surface area contributed by atoms with Gasteiger partial charge < -0.3 is 15.5 Å². The van der Waals surface area contributed by atoms with Gasteiger partial charge in [0.05, 0.1) is 5.92 Å². The van der Waals surface area contributed by atoms with E-state index in [0.29, 0.717) is 46.5 Å². The molecule has 3 aromatic rings. The predicted octanol–water partition coefficient (Wildman–Crippen LogP) is 3.72. The van der Waals surface area contributed by atoms with Crippen LogP contribution in [0.3, 0.4) is 0 Å². The number of hydrogen-bond acceptors (Lipinski definition) is 7. The van der Waals surface area contributed by atoms with Crippen molar-refractivity contribution < 1.29 is 19.2 Å². The van der Waals surface area contributed by atoms with Crippen LogP contribution in [0.1, 0.15) is 46.0 Å². The molecule has 1 saturated heterocycles. The van der Waals surface area contributed by atoms with E-state index in [4.69, 9.17) is 0 Å². The van der Waals surface area contributed by atoms with Gasteiger partial charge in [0.2, 0.25) is 16.9 Å². The van der Waals surface area contributed by atoms with Crippen molar-refractivity contribution in [3.63, 3.8) is 0 Å². The molecule has 0 bridgehead atoms. The van der Waals surface area contributed by atoms with Gasteiger partial charge in [0.15, 0.2) is 0 Å². The summed E-state index contributed by atoms with van der Waals surface area (Å²) in [7, 11) is 0. The average molecular weight is 600 g/mol. The SMILES string of the molecule is CC(C)N1CC(C(=O)Nc2ccc(C(=O)Nc3nnc(CCNC(=O)c4cccc(Br)c4)s3)cc2)CC1=O. The molecule has 0 saturated carbocycles. The number of benzene rings is 2. The molecule has 0 aliphatic carbocycles. The smallest absolute Gasteiger partial charge is 0.257 e. The standard InChI is InChI=1S/C26H27BrN6O4S/c1-15(2)33-14-18(13-22(33)34)25(37)29-20-8-6-16(7-9-20)24(36)30-26-32-31-21(38-26)10-11-28-23(35)17-4-3-5-19(27)12-17/h3-9,12,15,18H,10-11,13-14H2,1-2H3,(H,28,35)(H,29,37)(H,30,32,36). The predicted molar refractivity (Wildman–Crippen MR) is 148 cm³/mol. The molecule has 3 N–H and O–H groups in total. The molecule has 0 radical (unpaired) electrons. The van der Waals surface area contributed by atoms with Crippen molar-refractivity contribution in [1.82, 2.24) is 20.4 Å². The van der Waals surface area contributed by atoms with Crippen molar-refractivity contribution in [3.05, 3.63) is 69.1 Å². The van der Waals surface area contributed by atoms with Crippen LogP contribution in [0.5, 0.6) is 0 Å². The third-order valence-corrected chi connectivity index (χ3v) is 7.36. The second-order valence-electron chi connectivity index (χ2n) is 9.08. The van der Waals surface area contributed by atoms with Gasteiger partial charge in [-0.15, -0.1) is 10.2 Å². The zero-order chi connectivity index (χ0) is 27.2. The van der Waals surface area contributed by atoms with Gasteiger partial charge in [0.1, 0.15) is 5.01 Å². The van der Waals surface area contributed by atoms with Crippen molar-refractivity contribution in [2.75, 3.05) is 23.7 Å². The van der Waals surface area contributed by atoms with Crippen LogP contribution in [0.25, 0.3) is 0 Å². The Morgan fingerprint density at radius 2 is 1.82 bits per heavy atom. The molecule has 4 rings (SSSR count). The fourth-order valence-corrected chi connectivity index (χ4v) is 5.08. The van der Waals surface area contributed by atoms with E-state index in [-0.39, 0.29) is 36.1 Å². The normalized spacial score (nSPS) is 15.0. The topological polar surface area (TPSA) is 133 Å². The second-order valence-corrected chi connectivity index (χ2v) is 11.1. The summed E-state index contributed by atoms with van der Waals surface area (Å²) in [6.07, 6.45) is 0.676. The van der Waals surface area contributed by atoms with E-state index in [0.717, 1.165) is 4.47 Å². The minimum absolute atomic E-state index is 0.0164. The molecule has 1 unspecified atom stereocenters. The van der Waals surface area contributed by atoms with E-state index in [1.807, 2.05) is 19.9 Å². The summed E-state index contributed by atoms with van der Waals surface area (Å²) in [6, 6.07) is 13.7. The highest BCUT2D eigenvalue weighted by Crippen LogP contribution is 2.22. The molecule has 0 spiro atoms. The Kier molecular flexibility index (Phi) is 8.85.